The maximum atomic E-state index is 11.9. The summed E-state index contributed by atoms with van der Waals surface area (Å²) in [5.74, 6) is -4.81. The number of esters is 2. The van der Waals surface area contributed by atoms with Crippen LogP contribution >= 0.6 is 0 Å². The van der Waals surface area contributed by atoms with Crippen molar-refractivity contribution in [3.63, 3.8) is 0 Å². The first-order valence-corrected chi connectivity index (χ1v) is 8.21. The van der Waals surface area contributed by atoms with Gasteiger partial charge in [-0.2, -0.15) is 0 Å². The lowest BCUT2D eigenvalue weighted by Crippen LogP contribution is -2.47. The van der Waals surface area contributed by atoms with Crippen molar-refractivity contribution in [1.29, 1.82) is 0 Å². The molecular weight excluding hydrogens is 376 g/mol. The number of benzene rings is 1. The molecule has 0 fully saturated rings. The van der Waals surface area contributed by atoms with Crippen molar-refractivity contribution in [2.75, 3.05) is 13.2 Å². The van der Waals surface area contributed by atoms with E-state index in [2.05, 4.69) is 10.1 Å². The number of nitro groups is 1. The van der Waals surface area contributed by atoms with Crippen LogP contribution < -0.4 is 5.32 Å². The Bertz CT molecular complexity index is 745. The highest BCUT2D eigenvalue weighted by Gasteiger charge is 2.33. The highest BCUT2D eigenvalue weighted by molar-refractivity contribution is 5.86. The minimum absolute atomic E-state index is 0.0718. The van der Waals surface area contributed by atoms with E-state index in [4.69, 9.17) is 4.74 Å². The van der Waals surface area contributed by atoms with Crippen LogP contribution in [0.2, 0.25) is 0 Å². The quantitative estimate of drug-likeness (QED) is 0.330. The maximum Gasteiger partial charge on any atom is 0.326 e. The van der Waals surface area contributed by atoms with Crippen LogP contribution in [0.1, 0.15) is 31.7 Å². The Morgan fingerprint density at radius 2 is 1.79 bits per heavy atom. The number of nitrogens with one attached hydrogen (secondary N) is 1. The first-order valence-electron chi connectivity index (χ1n) is 8.21. The molecule has 11 nitrogen and oxygen atoms in total. The number of ether oxygens (including phenoxy) is 2. The van der Waals surface area contributed by atoms with Crippen molar-refractivity contribution < 1.29 is 38.7 Å². The summed E-state index contributed by atoms with van der Waals surface area (Å²) in [7, 11) is 0. The second-order valence-electron chi connectivity index (χ2n) is 5.63. The molecule has 1 rings (SSSR count). The van der Waals surface area contributed by atoms with Gasteiger partial charge < -0.3 is 19.9 Å². The number of hydrogen-bond donors (Lipinski definition) is 2. The summed E-state index contributed by atoms with van der Waals surface area (Å²) in [6, 6.07) is 3.36. The van der Waals surface area contributed by atoms with E-state index in [9.17, 15) is 34.4 Å². The number of nitro benzene ring substituents is 1. The zero-order valence-corrected chi connectivity index (χ0v) is 15.2. The van der Waals surface area contributed by atoms with Crippen LogP contribution in [0.4, 0.5) is 5.69 Å². The normalized spacial score (nSPS) is 12.4. The van der Waals surface area contributed by atoms with Gasteiger partial charge in [-0.3, -0.25) is 24.5 Å². The Kier molecular flexibility index (Phi) is 8.53. The predicted molar refractivity (Wildman–Crippen MR) is 93.3 cm³/mol. The molecule has 0 aliphatic heterocycles. The minimum atomic E-state index is -1.56. The molecule has 0 aliphatic carbocycles. The van der Waals surface area contributed by atoms with E-state index < -0.39 is 53.7 Å². The Balaban J connectivity index is 3.15. The summed E-state index contributed by atoms with van der Waals surface area (Å²) < 4.78 is 9.37. The van der Waals surface area contributed by atoms with Crippen molar-refractivity contribution >= 4 is 29.5 Å². The number of hydrogen-bond acceptors (Lipinski definition) is 8. The third-order valence-electron chi connectivity index (χ3n) is 3.62. The molecule has 11 heteroatoms. The molecule has 0 bridgehead atoms. The largest absolute Gasteiger partial charge is 0.480 e. The number of aliphatic carboxylic acids is 1. The lowest BCUT2D eigenvalue weighted by atomic mass is 9.88. The number of carboxylic acid groups (broad SMARTS) is 1. The third-order valence-corrected chi connectivity index (χ3v) is 3.62. The molecule has 0 aliphatic rings. The van der Waals surface area contributed by atoms with Gasteiger partial charge in [-0.15, -0.1) is 0 Å². The first kappa shape index (κ1) is 22.5. The summed E-state index contributed by atoms with van der Waals surface area (Å²) in [5, 5.41) is 22.5. The summed E-state index contributed by atoms with van der Waals surface area (Å²) in [4.78, 5) is 56.5. The molecule has 0 spiro atoms. The van der Waals surface area contributed by atoms with Crippen molar-refractivity contribution in [3.05, 3.63) is 39.9 Å². The number of carboxylic acids is 1. The number of carbonyl (C=O) groups excluding carboxylic acids is 3. The second-order valence-corrected chi connectivity index (χ2v) is 5.63. The Morgan fingerprint density at radius 1 is 1.18 bits per heavy atom. The molecule has 1 aromatic rings. The number of carbonyl (C=O) groups is 4. The Morgan fingerprint density at radius 3 is 2.25 bits per heavy atom. The first-order chi connectivity index (χ1) is 13.1. The monoisotopic (exact) mass is 396 g/mol. The molecule has 0 heterocycles. The van der Waals surface area contributed by atoms with Gasteiger partial charge in [0.1, 0.15) is 6.04 Å². The van der Waals surface area contributed by atoms with Crippen LogP contribution in [-0.2, 0) is 28.7 Å². The van der Waals surface area contributed by atoms with Gasteiger partial charge in [0.15, 0.2) is 6.61 Å². The van der Waals surface area contributed by atoms with Gasteiger partial charge in [-0.25, -0.2) is 4.79 Å². The predicted octanol–water partition coefficient (Wildman–Crippen LogP) is 0.764. The summed E-state index contributed by atoms with van der Waals surface area (Å²) in [6.45, 7) is 2.05. The summed E-state index contributed by atoms with van der Waals surface area (Å²) >= 11 is 0. The van der Waals surface area contributed by atoms with E-state index in [0.717, 1.165) is 19.1 Å². The molecule has 0 saturated carbocycles. The summed E-state index contributed by atoms with van der Waals surface area (Å²) in [6.07, 6.45) is -0.392. The highest BCUT2D eigenvalue weighted by Crippen LogP contribution is 2.27. The molecule has 1 aromatic carbocycles. The number of nitrogens with zero attached hydrogens (tertiary/aromatic N) is 1. The van der Waals surface area contributed by atoms with E-state index in [1.165, 1.54) is 12.1 Å². The van der Waals surface area contributed by atoms with Crippen molar-refractivity contribution in [2.45, 2.75) is 32.2 Å². The van der Waals surface area contributed by atoms with Gasteiger partial charge in [0.2, 0.25) is 0 Å². The van der Waals surface area contributed by atoms with Crippen LogP contribution in [0.25, 0.3) is 0 Å². The van der Waals surface area contributed by atoms with Crippen LogP contribution in [0.5, 0.6) is 0 Å². The number of amides is 1. The zero-order chi connectivity index (χ0) is 21.3. The lowest BCUT2D eigenvalue weighted by Gasteiger charge is -2.24. The molecule has 0 unspecified atom stereocenters. The van der Waals surface area contributed by atoms with E-state index in [1.807, 2.05) is 0 Å². The van der Waals surface area contributed by atoms with Gasteiger partial charge in [0, 0.05) is 25.0 Å². The fourth-order valence-electron chi connectivity index (χ4n) is 2.39. The number of non-ortho nitro benzene ring substituents is 1. The Labute approximate surface area is 159 Å². The molecule has 0 radical (unpaired) electrons. The third kappa shape index (κ3) is 7.02. The van der Waals surface area contributed by atoms with E-state index in [0.29, 0.717) is 0 Å². The molecule has 28 heavy (non-hydrogen) atoms. The fraction of sp³-hybridized carbons (Fsp3) is 0.412. The highest BCUT2D eigenvalue weighted by atomic mass is 16.6. The van der Waals surface area contributed by atoms with Crippen LogP contribution in [0.3, 0.4) is 0 Å². The molecule has 2 atom stereocenters. The van der Waals surface area contributed by atoms with Gasteiger partial charge in [0.05, 0.1) is 18.0 Å². The molecule has 2 N–H and O–H groups in total. The standard InChI is InChI=1S/C17H20N2O9/c1-3-27-15(22)8-13(11-4-6-12(7-5-11)19(25)26)16(17(23)24)18-14(21)9-28-10(2)20/h4-7,13,16H,3,8-9H2,1-2H3,(H,18,21)(H,23,24)/t13-,16+/m1/s1. The molecule has 1 amide bonds. The van der Waals surface area contributed by atoms with E-state index >= 15 is 0 Å². The van der Waals surface area contributed by atoms with Gasteiger partial charge in [-0.1, -0.05) is 12.1 Å². The lowest BCUT2D eigenvalue weighted by molar-refractivity contribution is -0.384. The van der Waals surface area contributed by atoms with Crippen molar-refractivity contribution in [2.24, 2.45) is 0 Å². The smallest absolute Gasteiger partial charge is 0.326 e. The van der Waals surface area contributed by atoms with Crippen LogP contribution in [-0.4, -0.2) is 53.1 Å². The van der Waals surface area contributed by atoms with Crippen molar-refractivity contribution in [1.82, 2.24) is 5.32 Å². The molecule has 0 saturated heterocycles. The molecular formula is C17H20N2O9. The number of rotatable bonds is 10. The van der Waals surface area contributed by atoms with Crippen LogP contribution in [0, 0.1) is 10.1 Å². The topological polar surface area (TPSA) is 162 Å². The second kappa shape index (κ2) is 10.6. The van der Waals surface area contributed by atoms with E-state index in [1.54, 1.807) is 6.92 Å². The fourth-order valence-corrected chi connectivity index (χ4v) is 2.39. The molecule has 0 aromatic heterocycles. The van der Waals surface area contributed by atoms with Gasteiger partial charge in [0.25, 0.3) is 11.6 Å². The maximum absolute atomic E-state index is 11.9. The molecule has 152 valence electrons. The zero-order valence-electron chi connectivity index (χ0n) is 15.2. The van der Waals surface area contributed by atoms with Gasteiger partial charge in [-0.05, 0) is 12.5 Å². The van der Waals surface area contributed by atoms with Crippen LogP contribution in [0.15, 0.2) is 24.3 Å². The Hall–Kier alpha value is -3.50. The van der Waals surface area contributed by atoms with E-state index in [-0.39, 0.29) is 17.9 Å². The minimum Gasteiger partial charge on any atom is -0.480 e. The summed E-state index contributed by atoms with van der Waals surface area (Å²) in [5.41, 5.74) is 0.0586. The average molecular weight is 396 g/mol. The van der Waals surface area contributed by atoms with Gasteiger partial charge >= 0.3 is 17.9 Å². The average Bonchev–Trinajstić information content (AvgIpc) is 2.63. The SMILES string of the molecule is CCOC(=O)C[C@H](c1ccc([N+](=O)[O-])cc1)[C@H](NC(=O)COC(C)=O)C(=O)O. The van der Waals surface area contributed by atoms with Crippen molar-refractivity contribution in [3.8, 4) is 0 Å².